The molecule has 2 aromatic heterocycles. The van der Waals surface area contributed by atoms with Crippen molar-refractivity contribution in [3.05, 3.63) is 41.0 Å². The lowest BCUT2D eigenvalue weighted by Gasteiger charge is -2.11. The van der Waals surface area contributed by atoms with Crippen molar-refractivity contribution < 1.29 is 23.1 Å². The second kappa shape index (κ2) is 8.27. The van der Waals surface area contributed by atoms with Gasteiger partial charge in [-0.15, -0.1) is 0 Å². The Labute approximate surface area is 178 Å². The Morgan fingerprint density at radius 3 is 2.40 bits per heavy atom. The summed E-state index contributed by atoms with van der Waals surface area (Å²) >= 11 is 0.876. The second-order valence-electron chi connectivity index (χ2n) is 7.54. The first kappa shape index (κ1) is 20.7. The SMILES string of the molecule is O=C(Nc1ncc(C(=O)O)s1)C(=CC1CCCC1)c1ccc(S(=O)(=O)C2CC2)nc1. The lowest BCUT2D eigenvalue weighted by Crippen LogP contribution is -2.15. The molecular formula is C20H21N3O5S2. The van der Waals surface area contributed by atoms with Crippen LogP contribution in [-0.2, 0) is 14.6 Å². The molecule has 2 aromatic rings. The summed E-state index contributed by atoms with van der Waals surface area (Å²) < 4.78 is 24.8. The van der Waals surface area contributed by atoms with Crippen molar-refractivity contribution in [2.45, 2.75) is 48.8 Å². The molecule has 0 bridgehead atoms. The number of allylic oxidation sites excluding steroid dienone is 1. The quantitative estimate of drug-likeness (QED) is 0.623. The molecular weight excluding hydrogens is 426 g/mol. The Kier molecular flexibility index (Phi) is 5.70. The summed E-state index contributed by atoms with van der Waals surface area (Å²) in [5, 5.41) is 11.6. The van der Waals surface area contributed by atoms with Crippen LogP contribution >= 0.6 is 11.3 Å². The zero-order valence-corrected chi connectivity index (χ0v) is 17.7. The minimum absolute atomic E-state index is 0.0281. The first-order valence-electron chi connectivity index (χ1n) is 9.77. The van der Waals surface area contributed by atoms with Crippen LogP contribution in [0.25, 0.3) is 5.57 Å². The molecule has 0 atom stereocenters. The molecule has 158 valence electrons. The van der Waals surface area contributed by atoms with Gasteiger partial charge in [0.15, 0.2) is 20.0 Å². The van der Waals surface area contributed by atoms with Crippen molar-refractivity contribution >= 4 is 43.8 Å². The molecule has 30 heavy (non-hydrogen) atoms. The van der Waals surface area contributed by atoms with Gasteiger partial charge in [-0.05, 0) is 43.7 Å². The van der Waals surface area contributed by atoms with E-state index in [0.29, 0.717) is 24.0 Å². The number of aromatic carboxylic acids is 1. The maximum atomic E-state index is 13.0. The highest BCUT2D eigenvalue weighted by molar-refractivity contribution is 7.92. The Balaban J connectivity index is 1.60. The molecule has 1 amide bonds. The van der Waals surface area contributed by atoms with Crippen LogP contribution in [0.15, 0.2) is 35.6 Å². The van der Waals surface area contributed by atoms with Gasteiger partial charge < -0.3 is 5.11 Å². The number of rotatable bonds is 7. The van der Waals surface area contributed by atoms with Gasteiger partial charge in [0.2, 0.25) is 0 Å². The normalized spacial score (nSPS) is 17.8. The highest BCUT2D eigenvalue weighted by Gasteiger charge is 2.37. The van der Waals surface area contributed by atoms with Gasteiger partial charge in [-0.25, -0.2) is 23.2 Å². The summed E-state index contributed by atoms with van der Waals surface area (Å²) in [6.07, 6.45) is 10.0. The molecule has 2 N–H and O–H groups in total. The maximum absolute atomic E-state index is 13.0. The van der Waals surface area contributed by atoms with Crippen LogP contribution in [0.3, 0.4) is 0 Å². The van der Waals surface area contributed by atoms with E-state index in [1.807, 2.05) is 6.08 Å². The summed E-state index contributed by atoms with van der Waals surface area (Å²) in [6.45, 7) is 0. The summed E-state index contributed by atoms with van der Waals surface area (Å²) in [6, 6.07) is 3.05. The number of sulfone groups is 1. The zero-order valence-electron chi connectivity index (χ0n) is 16.1. The molecule has 0 unspecified atom stereocenters. The van der Waals surface area contributed by atoms with E-state index in [-0.39, 0.29) is 26.2 Å². The van der Waals surface area contributed by atoms with Gasteiger partial charge in [0.25, 0.3) is 5.91 Å². The summed E-state index contributed by atoms with van der Waals surface area (Å²) in [7, 11) is -3.40. The topological polar surface area (TPSA) is 126 Å². The molecule has 2 aliphatic rings. The van der Waals surface area contributed by atoms with Gasteiger partial charge in [-0.1, -0.05) is 30.3 Å². The summed E-state index contributed by atoms with van der Waals surface area (Å²) in [5.74, 6) is -1.27. The lowest BCUT2D eigenvalue weighted by atomic mass is 9.99. The van der Waals surface area contributed by atoms with E-state index < -0.39 is 21.7 Å². The van der Waals surface area contributed by atoms with Gasteiger partial charge >= 0.3 is 5.97 Å². The standard InChI is InChI=1S/C20H21N3O5S2/c24-18(23-20-22-11-16(29-20)19(25)26)15(9-12-3-1-2-4-12)13-5-8-17(21-10-13)30(27,28)14-6-7-14/h5,8-12,14H,1-4,6-7H2,(H,25,26)(H,22,23,24). The van der Waals surface area contributed by atoms with Crippen LogP contribution < -0.4 is 5.32 Å². The van der Waals surface area contributed by atoms with Gasteiger partial charge in [-0.2, -0.15) is 0 Å². The van der Waals surface area contributed by atoms with Crippen LogP contribution in [0, 0.1) is 5.92 Å². The summed E-state index contributed by atoms with van der Waals surface area (Å²) in [5.41, 5.74) is 0.904. The first-order valence-corrected chi connectivity index (χ1v) is 12.1. The Morgan fingerprint density at radius 2 is 1.83 bits per heavy atom. The zero-order chi connectivity index (χ0) is 21.3. The van der Waals surface area contributed by atoms with Crippen LogP contribution in [0.5, 0.6) is 0 Å². The number of pyridine rings is 1. The fourth-order valence-electron chi connectivity index (χ4n) is 3.52. The molecule has 4 rings (SSSR count). The van der Waals surface area contributed by atoms with Crippen LogP contribution in [-0.4, -0.2) is 40.6 Å². The minimum atomic E-state index is -3.40. The number of hydrogen-bond acceptors (Lipinski definition) is 7. The molecule has 10 heteroatoms. The third-order valence-electron chi connectivity index (χ3n) is 5.29. The number of aromatic nitrogens is 2. The smallest absolute Gasteiger partial charge is 0.347 e. The summed E-state index contributed by atoms with van der Waals surface area (Å²) in [4.78, 5) is 32.1. The number of carbonyl (C=O) groups excluding carboxylic acids is 1. The van der Waals surface area contributed by atoms with Gasteiger partial charge in [-0.3, -0.25) is 10.1 Å². The molecule has 2 saturated carbocycles. The van der Waals surface area contributed by atoms with Crippen LogP contribution in [0.2, 0.25) is 0 Å². The molecule has 0 aliphatic heterocycles. The number of anilines is 1. The number of amides is 1. The predicted molar refractivity (Wildman–Crippen MR) is 112 cm³/mol. The Bertz CT molecular complexity index is 1100. The number of hydrogen-bond donors (Lipinski definition) is 2. The molecule has 2 heterocycles. The molecule has 2 aliphatic carbocycles. The van der Waals surface area contributed by atoms with E-state index in [1.54, 1.807) is 6.07 Å². The molecule has 0 radical (unpaired) electrons. The minimum Gasteiger partial charge on any atom is -0.477 e. The number of nitrogens with one attached hydrogen (secondary N) is 1. The molecule has 0 spiro atoms. The van der Waals surface area contributed by atoms with E-state index in [1.165, 1.54) is 18.5 Å². The average Bonchev–Trinajstić information content (AvgIpc) is 3.27. The van der Waals surface area contributed by atoms with Gasteiger partial charge in [0, 0.05) is 17.3 Å². The average molecular weight is 448 g/mol. The Hall–Kier alpha value is -2.59. The third-order valence-corrected chi connectivity index (χ3v) is 8.36. The number of carboxylic acid groups (broad SMARTS) is 1. The van der Waals surface area contributed by atoms with Crippen molar-refractivity contribution in [3.63, 3.8) is 0 Å². The highest BCUT2D eigenvalue weighted by Crippen LogP contribution is 2.34. The number of nitrogens with zero attached hydrogens (tertiary/aromatic N) is 2. The third kappa shape index (κ3) is 4.44. The monoisotopic (exact) mass is 447 g/mol. The van der Waals surface area contributed by atoms with E-state index in [9.17, 15) is 18.0 Å². The number of thiazole rings is 1. The highest BCUT2D eigenvalue weighted by atomic mass is 32.2. The van der Waals surface area contributed by atoms with E-state index in [4.69, 9.17) is 5.11 Å². The second-order valence-corrected chi connectivity index (χ2v) is 10.7. The van der Waals surface area contributed by atoms with Gasteiger partial charge in [0.1, 0.15) is 4.88 Å². The van der Waals surface area contributed by atoms with Crippen molar-refractivity contribution in [1.82, 2.24) is 9.97 Å². The molecule has 0 saturated heterocycles. The van der Waals surface area contributed by atoms with Crippen molar-refractivity contribution in [3.8, 4) is 0 Å². The van der Waals surface area contributed by atoms with Crippen LogP contribution in [0.1, 0.15) is 53.8 Å². The van der Waals surface area contributed by atoms with E-state index in [0.717, 1.165) is 37.0 Å². The van der Waals surface area contributed by atoms with Gasteiger partial charge in [0.05, 0.1) is 11.4 Å². The fraction of sp³-hybridized carbons (Fsp3) is 0.400. The maximum Gasteiger partial charge on any atom is 0.347 e. The molecule has 2 fully saturated rings. The molecule has 8 nitrogen and oxygen atoms in total. The Morgan fingerprint density at radius 1 is 1.10 bits per heavy atom. The van der Waals surface area contributed by atoms with Crippen molar-refractivity contribution in [2.75, 3.05) is 5.32 Å². The van der Waals surface area contributed by atoms with Crippen molar-refractivity contribution in [1.29, 1.82) is 0 Å². The fourth-order valence-corrected chi connectivity index (χ4v) is 5.72. The van der Waals surface area contributed by atoms with Crippen molar-refractivity contribution in [2.24, 2.45) is 5.92 Å². The number of carbonyl (C=O) groups is 2. The molecule has 0 aromatic carbocycles. The lowest BCUT2D eigenvalue weighted by molar-refractivity contribution is -0.111. The number of carboxylic acids is 1. The van der Waals surface area contributed by atoms with E-state index in [2.05, 4.69) is 15.3 Å². The largest absolute Gasteiger partial charge is 0.477 e. The van der Waals surface area contributed by atoms with Crippen LogP contribution in [0.4, 0.5) is 5.13 Å². The van der Waals surface area contributed by atoms with E-state index >= 15 is 0 Å². The first-order chi connectivity index (χ1) is 14.3. The predicted octanol–water partition coefficient (Wildman–Crippen LogP) is 3.38.